The maximum absolute atomic E-state index is 5.65. The maximum Gasteiger partial charge on any atom is 0.119 e. The van der Waals surface area contributed by atoms with Crippen LogP contribution in [0.2, 0.25) is 0 Å². The van der Waals surface area contributed by atoms with Gasteiger partial charge in [-0.25, -0.2) is 4.98 Å². The summed E-state index contributed by atoms with van der Waals surface area (Å²) in [5.74, 6) is 0. The number of anilines is 1. The summed E-state index contributed by atoms with van der Waals surface area (Å²) in [4.78, 5) is 9.26. The lowest BCUT2D eigenvalue weighted by atomic mass is 10.3. The molecule has 0 aliphatic rings. The second kappa shape index (κ2) is 4.63. The van der Waals surface area contributed by atoms with Crippen molar-refractivity contribution in [2.45, 2.75) is 9.92 Å². The Morgan fingerprint density at radius 3 is 2.80 bits per heavy atom. The first kappa shape index (κ1) is 10.4. The molecule has 0 radical (unpaired) electrons. The second-order valence-electron chi connectivity index (χ2n) is 2.84. The van der Waals surface area contributed by atoms with Gasteiger partial charge in [-0.15, -0.1) is 0 Å². The minimum atomic E-state index is 0.741. The molecule has 0 atom stereocenters. The molecule has 0 spiro atoms. The van der Waals surface area contributed by atoms with Crippen LogP contribution in [0.5, 0.6) is 0 Å². The van der Waals surface area contributed by atoms with Crippen molar-refractivity contribution in [2.75, 3.05) is 5.73 Å². The molecule has 0 bridgehead atoms. The number of hydrogen-bond donors (Lipinski definition) is 1. The van der Waals surface area contributed by atoms with Gasteiger partial charge in [-0.1, -0.05) is 11.8 Å². The van der Waals surface area contributed by atoms with Crippen LogP contribution in [0.15, 0.2) is 51.2 Å². The van der Waals surface area contributed by atoms with E-state index in [1.807, 2.05) is 18.2 Å². The topological polar surface area (TPSA) is 51.8 Å². The Bertz CT molecular complexity index is 461. The van der Waals surface area contributed by atoms with Gasteiger partial charge in [-0.2, -0.15) is 0 Å². The van der Waals surface area contributed by atoms with Crippen LogP contribution in [-0.2, 0) is 0 Å². The predicted octanol–water partition coefficient (Wildman–Crippen LogP) is 2.97. The third-order valence-corrected chi connectivity index (χ3v) is 3.62. The molecule has 1 heterocycles. The molecule has 1 aromatic heterocycles. The Balaban J connectivity index is 2.25. The fraction of sp³-hybridized carbons (Fsp3) is 0. The van der Waals surface area contributed by atoms with Gasteiger partial charge < -0.3 is 5.73 Å². The quantitative estimate of drug-likeness (QED) is 0.860. The summed E-state index contributed by atoms with van der Waals surface area (Å²) in [5, 5.41) is 0.864. The number of rotatable bonds is 2. The molecule has 0 amide bonds. The molecule has 2 rings (SSSR count). The molecule has 0 aliphatic heterocycles. The van der Waals surface area contributed by atoms with E-state index >= 15 is 0 Å². The van der Waals surface area contributed by atoms with Crippen LogP contribution in [0.25, 0.3) is 0 Å². The lowest BCUT2D eigenvalue weighted by molar-refractivity contribution is 1.05. The van der Waals surface area contributed by atoms with E-state index in [2.05, 4.69) is 25.9 Å². The van der Waals surface area contributed by atoms with Gasteiger partial charge in [0.2, 0.25) is 0 Å². The second-order valence-corrected chi connectivity index (χ2v) is 4.75. The smallest absolute Gasteiger partial charge is 0.119 e. The van der Waals surface area contributed by atoms with Crippen LogP contribution < -0.4 is 5.73 Å². The van der Waals surface area contributed by atoms with Crippen molar-refractivity contribution in [3.8, 4) is 0 Å². The van der Waals surface area contributed by atoms with Crippen LogP contribution in [0.1, 0.15) is 0 Å². The molecule has 0 aliphatic carbocycles. The highest BCUT2D eigenvalue weighted by Gasteiger charge is 2.03. The molecule has 0 saturated heterocycles. The number of nitrogens with two attached hydrogens (primary N) is 1. The predicted molar refractivity (Wildman–Crippen MR) is 64.7 cm³/mol. The first-order valence-corrected chi connectivity index (χ1v) is 5.85. The Kier molecular flexibility index (Phi) is 3.23. The summed E-state index contributed by atoms with van der Waals surface area (Å²) in [6, 6.07) is 5.70. The minimum absolute atomic E-state index is 0.741. The largest absolute Gasteiger partial charge is 0.399 e. The van der Waals surface area contributed by atoms with E-state index in [-0.39, 0.29) is 0 Å². The molecule has 0 unspecified atom stereocenters. The van der Waals surface area contributed by atoms with E-state index in [0.717, 1.165) is 20.1 Å². The van der Waals surface area contributed by atoms with E-state index in [1.54, 1.807) is 30.4 Å². The average molecular weight is 282 g/mol. The van der Waals surface area contributed by atoms with Crippen molar-refractivity contribution >= 4 is 33.4 Å². The molecule has 2 N–H and O–H groups in total. The third kappa shape index (κ3) is 2.70. The fourth-order valence-electron chi connectivity index (χ4n) is 1.05. The molecular weight excluding hydrogens is 274 g/mol. The van der Waals surface area contributed by atoms with Gasteiger partial charge in [0, 0.05) is 27.4 Å². The van der Waals surface area contributed by atoms with Crippen LogP contribution in [0, 0.1) is 0 Å². The molecule has 76 valence electrons. The summed E-state index contributed by atoms with van der Waals surface area (Å²) >= 11 is 5.00. The summed E-state index contributed by atoms with van der Waals surface area (Å²) in [7, 11) is 0. The van der Waals surface area contributed by atoms with Gasteiger partial charge in [-0.3, -0.25) is 4.98 Å². The van der Waals surface area contributed by atoms with Gasteiger partial charge in [0.25, 0.3) is 0 Å². The summed E-state index contributed by atoms with van der Waals surface area (Å²) < 4.78 is 0.971. The van der Waals surface area contributed by atoms with Gasteiger partial charge in [-0.05, 0) is 34.1 Å². The van der Waals surface area contributed by atoms with E-state index < -0.39 is 0 Å². The number of aromatic nitrogens is 2. The van der Waals surface area contributed by atoms with E-state index in [9.17, 15) is 0 Å². The van der Waals surface area contributed by atoms with Gasteiger partial charge in [0.05, 0.1) is 6.20 Å². The summed E-state index contributed by atoms with van der Waals surface area (Å²) in [6.45, 7) is 0. The number of halogens is 1. The number of nitrogen functional groups attached to an aromatic ring is 1. The molecule has 2 aromatic rings. The Hall–Kier alpha value is -1.07. The average Bonchev–Trinajstić information content (AvgIpc) is 2.24. The fourth-order valence-corrected chi connectivity index (χ4v) is 2.43. The van der Waals surface area contributed by atoms with E-state index in [4.69, 9.17) is 5.73 Å². The highest BCUT2D eigenvalue weighted by atomic mass is 79.9. The minimum Gasteiger partial charge on any atom is -0.399 e. The highest BCUT2D eigenvalue weighted by molar-refractivity contribution is 9.10. The normalized spacial score (nSPS) is 10.2. The lowest BCUT2D eigenvalue weighted by Crippen LogP contribution is -1.86. The van der Waals surface area contributed by atoms with Crippen molar-refractivity contribution in [3.63, 3.8) is 0 Å². The molecule has 3 nitrogen and oxygen atoms in total. The van der Waals surface area contributed by atoms with E-state index in [1.165, 1.54) is 0 Å². The zero-order valence-corrected chi connectivity index (χ0v) is 10.1. The Labute approximate surface area is 100 Å². The first-order valence-electron chi connectivity index (χ1n) is 4.24. The van der Waals surface area contributed by atoms with E-state index in [0.29, 0.717) is 0 Å². The first-order chi connectivity index (χ1) is 7.25. The van der Waals surface area contributed by atoms with Crippen LogP contribution >= 0.6 is 27.7 Å². The molecule has 5 heteroatoms. The monoisotopic (exact) mass is 281 g/mol. The van der Waals surface area contributed by atoms with Crippen molar-refractivity contribution in [1.82, 2.24) is 9.97 Å². The lowest BCUT2D eigenvalue weighted by Gasteiger charge is -2.03. The molecular formula is C10H8BrN3S. The third-order valence-electron chi connectivity index (χ3n) is 1.71. The van der Waals surface area contributed by atoms with Crippen molar-refractivity contribution in [1.29, 1.82) is 0 Å². The highest BCUT2D eigenvalue weighted by Crippen LogP contribution is 2.32. The number of benzene rings is 1. The zero-order valence-electron chi connectivity index (χ0n) is 7.72. The SMILES string of the molecule is Nc1ccc(Sc2cnccn2)c(Br)c1. The standard InChI is InChI=1S/C10H8BrN3S/c11-8-5-7(12)1-2-9(8)15-10-6-13-3-4-14-10/h1-6H,12H2. The zero-order chi connectivity index (χ0) is 10.7. The molecule has 15 heavy (non-hydrogen) atoms. The molecule has 1 aromatic carbocycles. The van der Waals surface area contributed by atoms with Gasteiger partial charge in [0.15, 0.2) is 0 Å². The van der Waals surface area contributed by atoms with Crippen LogP contribution in [0.3, 0.4) is 0 Å². The summed E-state index contributed by atoms with van der Waals surface area (Å²) in [6.07, 6.45) is 5.06. The van der Waals surface area contributed by atoms with Gasteiger partial charge >= 0.3 is 0 Å². The van der Waals surface area contributed by atoms with Crippen molar-refractivity contribution in [2.24, 2.45) is 0 Å². The molecule has 0 fully saturated rings. The van der Waals surface area contributed by atoms with Gasteiger partial charge in [0.1, 0.15) is 5.03 Å². The van der Waals surface area contributed by atoms with Crippen LogP contribution in [-0.4, -0.2) is 9.97 Å². The van der Waals surface area contributed by atoms with Crippen LogP contribution in [0.4, 0.5) is 5.69 Å². The van der Waals surface area contributed by atoms with Crippen molar-refractivity contribution < 1.29 is 0 Å². The van der Waals surface area contributed by atoms with Crippen molar-refractivity contribution in [3.05, 3.63) is 41.3 Å². The number of nitrogens with zero attached hydrogens (tertiary/aromatic N) is 2. The Morgan fingerprint density at radius 2 is 2.13 bits per heavy atom. The maximum atomic E-state index is 5.65. The number of hydrogen-bond acceptors (Lipinski definition) is 4. The molecule has 0 saturated carbocycles. The summed E-state index contributed by atoms with van der Waals surface area (Å²) in [5.41, 5.74) is 6.39. The Morgan fingerprint density at radius 1 is 1.27 bits per heavy atom.